The molecule has 0 aromatic heterocycles. The molecular formula is C24H28N2O6. The van der Waals surface area contributed by atoms with Crippen molar-refractivity contribution in [1.29, 1.82) is 0 Å². The maximum atomic E-state index is 13.2. The molecule has 0 heterocycles. The van der Waals surface area contributed by atoms with Gasteiger partial charge in [-0.3, -0.25) is 14.8 Å². The number of hydrogen-bond donors (Lipinski definition) is 4. The van der Waals surface area contributed by atoms with Crippen LogP contribution in [-0.4, -0.2) is 40.3 Å². The van der Waals surface area contributed by atoms with E-state index in [0.717, 1.165) is 25.7 Å². The van der Waals surface area contributed by atoms with E-state index in [0.29, 0.717) is 11.1 Å². The number of rotatable bonds is 9. The Morgan fingerprint density at radius 2 is 1.53 bits per heavy atom. The van der Waals surface area contributed by atoms with Gasteiger partial charge in [-0.1, -0.05) is 60.7 Å². The lowest BCUT2D eigenvalue weighted by molar-refractivity contribution is -0.154. The van der Waals surface area contributed by atoms with Gasteiger partial charge in [-0.2, -0.15) is 0 Å². The average molecular weight is 440 g/mol. The van der Waals surface area contributed by atoms with Crippen LogP contribution in [0, 0.1) is 5.92 Å². The Labute approximate surface area is 186 Å². The third-order valence-electron chi connectivity index (χ3n) is 5.64. The van der Waals surface area contributed by atoms with Crippen LogP contribution in [-0.2, 0) is 25.5 Å². The summed E-state index contributed by atoms with van der Waals surface area (Å²) < 4.78 is 5.62. The van der Waals surface area contributed by atoms with Crippen LogP contribution in [0.25, 0.3) is 0 Å². The first-order chi connectivity index (χ1) is 15.5. The van der Waals surface area contributed by atoms with Gasteiger partial charge in [-0.25, -0.2) is 10.3 Å². The summed E-state index contributed by atoms with van der Waals surface area (Å²) >= 11 is 0. The molecular weight excluding hydrogens is 412 g/mol. The van der Waals surface area contributed by atoms with Gasteiger partial charge >= 0.3 is 5.97 Å². The van der Waals surface area contributed by atoms with Crippen molar-refractivity contribution in [3.05, 3.63) is 71.8 Å². The van der Waals surface area contributed by atoms with E-state index in [1.165, 1.54) is 5.48 Å². The Morgan fingerprint density at radius 1 is 0.938 bits per heavy atom. The van der Waals surface area contributed by atoms with Crippen molar-refractivity contribution in [1.82, 2.24) is 10.8 Å². The number of benzene rings is 2. The molecule has 2 amide bonds. The van der Waals surface area contributed by atoms with Crippen LogP contribution >= 0.6 is 0 Å². The topological polar surface area (TPSA) is 125 Å². The van der Waals surface area contributed by atoms with Crippen LogP contribution in [0.3, 0.4) is 0 Å². The molecule has 0 saturated heterocycles. The number of hydroxylamine groups is 1. The quantitative estimate of drug-likeness (QED) is 0.269. The Kier molecular flexibility index (Phi) is 8.35. The number of nitrogens with one attached hydrogen (secondary N) is 2. The van der Waals surface area contributed by atoms with Gasteiger partial charge in [0.05, 0.1) is 5.92 Å². The molecule has 8 heteroatoms. The van der Waals surface area contributed by atoms with E-state index < -0.39 is 35.8 Å². The Morgan fingerprint density at radius 3 is 2.12 bits per heavy atom. The zero-order valence-electron chi connectivity index (χ0n) is 17.6. The summed E-state index contributed by atoms with van der Waals surface area (Å²) in [5, 5.41) is 22.0. The molecule has 2 aromatic carbocycles. The highest BCUT2D eigenvalue weighted by atomic mass is 16.5. The molecule has 1 aliphatic rings. The van der Waals surface area contributed by atoms with Crippen LogP contribution in [0.4, 0.5) is 0 Å². The van der Waals surface area contributed by atoms with E-state index in [1.807, 2.05) is 0 Å². The predicted octanol–water partition coefficient (Wildman–Crippen LogP) is 2.05. The molecule has 2 aromatic rings. The summed E-state index contributed by atoms with van der Waals surface area (Å²) in [6.07, 6.45) is 1.57. The summed E-state index contributed by atoms with van der Waals surface area (Å²) in [4.78, 5) is 38.0. The minimum atomic E-state index is -1.82. The maximum absolute atomic E-state index is 13.2. The smallest absolute Gasteiger partial charge is 0.333 e. The Balaban J connectivity index is 1.82. The summed E-state index contributed by atoms with van der Waals surface area (Å²) in [6.45, 7) is 0. The highest BCUT2D eigenvalue weighted by Crippen LogP contribution is 2.25. The van der Waals surface area contributed by atoms with Gasteiger partial charge in [0.25, 0.3) is 5.91 Å². The minimum Gasteiger partial charge on any atom is -0.461 e. The van der Waals surface area contributed by atoms with E-state index in [4.69, 9.17) is 9.94 Å². The number of amides is 2. The monoisotopic (exact) mass is 440 g/mol. The third kappa shape index (κ3) is 6.15. The second-order valence-corrected chi connectivity index (χ2v) is 7.91. The van der Waals surface area contributed by atoms with Crippen molar-refractivity contribution in [3.63, 3.8) is 0 Å². The van der Waals surface area contributed by atoms with Crippen LogP contribution in [0.1, 0.15) is 42.9 Å². The first-order valence-corrected chi connectivity index (χ1v) is 10.7. The molecule has 4 N–H and O–H groups in total. The lowest BCUT2D eigenvalue weighted by Gasteiger charge is -2.25. The van der Waals surface area contributed by atoms with Crippen molar-refractivity contribution < 1.29 is 29.4 Å². The van der Waals surface area contributed by atoms with E-state index >= 15 is 0 Å². The largest absolute Gasteiger partial charge is 0.461 e. The van der Waals surface area contributed by atoms with E-state index in [9.17, 15) is 19.5 Å². The van der Waals surface area contributed by atoms with Gasteiger partial charge in [0.1, 0.15) is 12.2 Å². The molecule has 170 valence electrons. The molecule has 32 heavy (non-hydrogen) atoms. The number of hydrogen-bond acceptors (Lipinski definition) is 6. The van der Waals surface area contributed by atoms with Crippen molar-refractivity contribution in [2.75, 3.05) is 0 Å². The molecule has 8 nitrogen and oxygen atoms in total. The number of aliphatic hydroxyl groups is 1. The van der Waals surface area contributed by atoms with Crippen molar-refractivity contribution in [3.8, 4) is 0 Å². The molecule has 0 spiro atoms. The highest BCUT2D eigenvalue weighted by molar-refractivity contribution is 5.91. The first kappa shape index (κ1) is 23.4. The van der Waals surface area contributed by atoms with E-state index in [2.05, 4.69) is 5.32 Å². The molecule has 0 bridgehead atoms. The van der Waals surface area contributed by atoms with Crippen molar-refractivity contribution >= 4 is 17.8 Å². The summed E-state index contributed by atoms with van der Waals surface area (Å²) in [7, 11) is 0. The minimum absolute atomic E-state index is 0.0282. The maximum Gasteiger partial charge on any atom is 0.333 e. The van der Waals surface area contributed by atoms with Gasteiger partial charge < -0.3 is 15.2 Å². The lowest BCUT2D eigenvalue weighted by atomic mass is 9.92. The number of esters is 1. The molecule has 3 atom stereocenters. The normalized spacial score (nSPS) is 16.6. The summed E-state index contributed by atoms with van der Waals surface area (Å²) in [5.74, 6) is -3.64. The van der Waals surface area contributed by atoms with Crippen LogP contribution < -0.4 is 10.8 Å². The average Bonchev–Trinajstić information content (AvgIpc) is 3.34. The van der Waals surface area contributed by atoms with Gasteiger partial charge in [-0.15, -0.1) is 0 Å². The van der Waals surface area contributed by atoms with Gasteiger partial charge in [-0.05, 0) is 43.2 Å². The van der Waals surface area contributed by atoms with Gasteiger partial charge in [0.15, 0.2) is 6.04 Å². The molecule has 3 rings (SSSR count). The summed E-state index contributed by atoms with van der Waals surface area (Å²) in [6, 6.07) is 16.4. The molecule has 1 saturated carbocycles. The molecule has 3 unspecified atom stereocenters. The fourth-order valence-corrected chi connectivity index (χ4v) is 3.88. The van der Waals surface area contributed by atoms with E-state index in [1.54, 1.807) is 60.7 Å². The van der Waals surface area contributed by atoms with Gasteiger partial charge in [0.2, 0.25) is 5.91 Å². The second kappa shape index (κ2) is 11.4. The van der Waals surface area contributed by atoms with Crippen molar-refractivity contribution in [2.24, 2.45) is 5.92 Å². The SMILES string of the molecule is O=C(OC1CCCC1)C(NC(=O)C(Cc1ccccc1)C(O)C(=O)NO)c1ccccc1. The number of aliphatic hydroxyl groups excluding tert-OH is 1. The van der Waals surface area contributed by atoms with Crippen LogP contribution in [0.15, 0.2) is 60.7 Å². The number of carbonyl (C=O) groups excluding carboxylic acids is 3. The van der Waals surface area contributed by atoms with Gasteiger partial charge in [0, 0.05) is 0 Å². The van der Waals surface area contributed by atoms with Crippen molar-refractivity contribution in [2.45, 2.75) is 50.4 Å². The van der Waals surface area contributed by atoms with E-state index in [-0.39, 0.29) is 12.5 Å². The third-order valence-corrected chi connectivity index (χ3v) is 5.64. The predicted molar refractivity (Wildman–Crippen MR) is 115 cm³/mol. The molecule has 1 aliphatic carbocycles. The fraction of sp³-hybridized carbons (Fsp3) is 0.375. The zero-order chi connectivity index (χ0) is 22.9. The Hall–Kier alpha value is -3.23. The van der Waals surface area contributed by atoms with Crippen LogP contribution in [0.2, 0.25) is 0 Å². The fourth-order valence-electron chi connectivity index (χ4n) is 3.88. The molecule has 0 radical (unpaired) electrons. The molecule has 0 aliphatic heterocycles. The van der Waals surface area contributed by atoms with Crippen LogP contribution in [0.5, 0.6) is 0 Å². The number of ether oxygens (including phenoxy) is 1. The first-order valence-electron chi connectivity index (χ1n) is 10.7. The lowest BCUT2D eigenvalue weighted by Crippen LogP contribution is -2.48. The Bertz CT molecular complexity index is 899. The highest BCUT2D eigenvalue weighted by Gasteiger charge is 2.36. The zero-order valence-corrected chi connectivity index (χ0v) is 17.6. The second-order valence-electron chi connectivity index (χ2n) is 7.91. The standard InChI is InChI=1S/C24H28N2O6/c27-21(23(29)26-31)19(15-16-9-3-1-4-10-16)22(28)25-20(17-11-5-2-6-12-17)24(30)32-18-13-7-8-14-18/h1-6,9-12,18-21,27,31H,7-8,13-15H2,(H,25,28)(H,26,29). The molecule has 1 fully saturated rings. The number of carbonyl (C=O) groups is 3. The summed E-state index contributed by atoms with van der Waals surface area (Å²) in [5.41, 5.74) is 2.62.